The molecular formula is C30H32NOPS. The van der Waals surface area contributed by atoms with E-state index in [9.17, 15) is 4.21 Å². The van der Waals surface area contributed by atoms with Gasteiger partial charge in [-0.3, -0.25) is 0 Å². The Labute approximate surface area is 208 Å². The van der Waals surface area contributed by atoms with Crippen molar-refractivity contribution in [2.75, 3.05) is 7.05 Å². The first kappa shape index (κ1) is 24.5. The summed E-state index contributed by atoms with van der Waals surface area (Å²) in [6.45, 7) is 6.11. The van der Waals surface area contributed by atoms with Gasteiger partial charge in [-0.2, -0.15) is 0 Å². The summed E-state index contributed by atoms with van der Waals surface area (Å²) < 4.78 is 15.3. The molecule has 0 saturated carbocycles. The van der Waals surface area contributed by atoms with Gasteiger partial charge in [0.1, 0.15) is 11.0 Å². The largest absolute Gasteiger partial charge is 0.242 e. The fourth-order valence-corrected chi connectivity index (χ4v) is 8.03. The molecule has 4 rings (SSSR count). The van der Waals surface area contributed by atoms with Crippen LogP contribution in [0.25, 0.3) is 0 Å². The fourth-order valence-electron chi connectivity index (χ4n) is 4.25. The molecule has 0 heterocycles. The van der Waals surface area contributed by atoms with E-state index in [1.165, 1.54) is 21.5 Å². The number of benzene rings is 4. The summed E-state index contributed by atoms with van der Waals surface area (Å²) in [6, 6.07) is 40.5. The smallest absolute Gasteiger partial charge is 0.100 e. The zero-order valence-electron chi connectivity index (χ0n) is 20.3. The van der Waals surface area contributed by atoms with Gasteiger partial charge in [0.2, 0.25) is 0 Å². The molecule has 4 aromatic carbocycles. The Morgan fingerprint density at radius 1 is 0.676 bits per heavy atom. The third kappa shape index (κ3) is 5.39. The minimum absolute atomic E-state index is 0.130. The lowest BCUT2D eigenvalue weighted by atomic mass is 9.99. The van der Waals surface area contributed by atoms with Crippen LogP contribution in [0.2, 0.25) is 0 Å². The molecule has 0 bridgehead atoms. The highest BCUT2D eigenvalue weighted by atomic mass is 32.2. The summed E-state index contributed by atoms with van der Waals surface area (Å²) in [5, 5.41) is 3.91. The molecule has 2 nitrogen and oxygen atoms in total. The summed E-state index contributed by atoms with van der Waals surface area (Å²) in [5.74, 6) is 0. The summed E-state index contributed by atoms with van der Waals surface area (Å²) in [6.07, 6.45) is 0. The van der Waals surface area contributed by atoms with Crippen LogP contribution in [0.3, 0.4) is 0 Å². The third-order valence-electron chi connectivity index (χ3n) is 5.77. The zero-order valence-corrected chi connectivity index (χ0v) is 22.0. The maximum absolute atomic E-state index is 13.6. The van der Waals surface area contributed by atoms with Crippen LogP contribution in [0.15, 0.2) is 115 Å². The second-order valence-corrected chi connectivity index (χ2v) is 13.8. The Kier molecular flexibility index (Phi) is 7.78. The van der Waals surface area contributed by atoms with E-state index in [4.69, 9.17) is 0 Å². The molecule has 34 heavy (non-hydrogen) atoms. The van der Waals surface area contributed by atoms with Gasteiger partial charge in [0, 0.05) is 7.05 Å². The molecule has 0 saturated heterocycles. The number of nitrogens with zero attached hydrogens (tertiary/aromatic N) is 1. The molecule has 0 radical (unpaired) electrons. The van der Waals surface area contributed by atoms with Gasteiger partial charge in [-0.25, -0.2) is 8.51 Å². The van der Waals surface area contributed by atoms with Crippen molar-refractivity contribution < 1.29 is 4.21 Å². The van der Waals surface area contributed by atoms with E-state index in [1.54, 1.807) is 0 Å². The molecular weight excluding hydrogens is 453 g/mol. The summed E-state index contributed by atoms with van der Waals surface area (Å²) in [7, 11) is 0.0188. The van der Waals surface area contributed by atoms with Gasteiger partial charge in [-0.05, 0) is 55.7 Å². The molecule has 0 fully saturated rings. The summed E-state index contributed by atoms with van der Waals surface area (Å²) in [4.78, 5) is 0. The first-order chi connectivity index (χ1) is 16.4. The number of rotatable bonds is 7. The summed E-state index contributed by atoms with van der Waals surface area (Å²) >= 11 is 0. The van der Waals surface area contributed by atoms with Crippen molar-refractivity contribution in [3.63, 3.8) is 0 Å². The standard InChI is InChI=1S/C30H32NOPS/c1-30(2,3)34(32)31(4)29(24-16-8-5-9-17-24)27-22-14-15-23-28(27)33(25-18-10-6-11-19-25)26-20-12-7-13-21-26/h5-23,29H,1-4H3/t29-,34+/m1/s1. The lowest BCUT2D eigenvalue weighted by Crippen LogP contribution is -2.39. The molecule has 0 aliphatic heterocycles. The molecule has 0 aromatic heterocycles. The van der Waals surface area contributed by atoms with E-state index in [0.717, 1.165) is 5.56 Å². The second kappa shape index (κ2) is 10.8. The van der Waals surface area contributed by atoms with Crippen molar-refractivity contribution in [3.8, 4) is 0 Å². The Morgan fingerprint density at radius 3 is 1.62 bits per heavy atom. The lowest BCUT2D eigenvalue weighted by molar-refractivity contribution is 0.441. The van der Waals surface area contributed by atoms with Gasteiger partial charge < -0.3 is 0 Å². The van der Waals surface area contributed by atoms with Gasteiger partial charge >= 0.3 is 0 Å². The minimum atomic E-state index is -1.18. The molecule has 4 heteroatoms. The Bertz CT molecular complexity index is 1180. The highest BCUT2D eigenvalue weighted by Crippen LogP contribution is 2.39. The SMILES string of the molecule is CN([C@H](c1ccccc1)c1ccccc1P(c1ccccc1)c1ccccc1)[S@@](=O)C(C)(C)C. The van der Waals surface area contributed by atoms with E-state index >= 15 is 0 Å². The maximum Gasteiger partial charge on any atom is 0.100 e. The van der Waals surface area contributed by atoms with Crippen molar-refractivity contribution in [1.82, 2.24) is 4.31 Å². The molecule has 174 valence electrons. The number of hydrogen-bond donors (Lipinski definition) is 0. The van der Waals surface area contributed by atoms with Crippen LogP contribution >= 0.6 is 7.92 Å². The average molecular weight is 486 g/mol. The van der Waals surface area contributed by atoms with E-state index in [0.29, 0.717) is 0 Å². The molecule has 0 aliphatic carbocycles. The first-order valence-corrected chi connectivity index (χ1v) is 14.0. The van der Waals surface area contributed by atoms with E-state index in [-0.39, 0.29) is 10.8 Å². The minimum Gasteiger partial charge on any atom is -0.242 e. The topological polar surface area (TPSA) is 20.3 Å². The number of hydrogen-bond acceptors (Lipinski definition) is 1. The molecule has 0 aliphatic rings. The van der Waals surface area contributed by atoms with Crippen LogP contribution in [0.4, 0.5) is 0 Å². The van der Waals surface area contributed by atoms with E-state index in [2.05, 4.69) is 109 Å². The van der Waals surface area contributed by atoms with Crippen molar-refractivity contribution in [2.45, 2.75) is 31.6 Å². The third-order valence-corrected chi connectivity index (χ3v) is 10.1. The van der Waals surface area contributed by atoms with Crippen molar-refractivity contribution in [3.05, 3.63) is 126 Å². The summed E-state index contributed by atoms with van der Waals surface area (Å²) in [5.41, 5.74) is 2.35. The Hall–Kier alpha value is -2.58. The Balaban J connectivity index is 1.94. The lowest BCUT2D eigenvalue weighted by Gasteiger charge is -2.35. The molecule has 0 unspecified atom stereocenters. The van der Waals surface area contributed by atoms with Gasteiger partial charge in [0.25, 0.3) is 0 Å². The molecule has 0 spiro atoms. The quantitative estimate of drug-likeness (QED) is 0.297. The molecule has 4 aromatic rings. The van der Waals surface area contributed by atoms with Crippen molar-refractivity contribution in [2.24, 2.45) is 0 Å². The van der Waals surface area contributed by atoms with E-state index < -0.39 is 18.9 Å². The van der Waals surface area contributed by atoms with Crippen LogP contribution in [0.5, 0.6) is 0 Å². The van der Waals surface area contributed by atoms with Crippen LogP contribution in [0, 0.1) is 0 Å². The fraction of sp³-hybridized carbons (Fsp3) is 0.200. The molecule has 2 atom stereocenters. The van der Waals surface area contributed by atoms with Crippen LogP contribution < -0.4 is 15.9 Å². The molecule has 0 amide bonds. The van der Waals surface area contributed by atoms with Crippen molar-refractivity contribution in [1.29, 1.82) is 0 Å². The molecule has 0 N–H and O–H groups in total. The average Bonchev–Trinajstić information content (AvgIpc) is 2.86. The normalized spacial score (nSPS) is 13.7. The van der Waals surface area contributed by atoms with Crippen LogP contribution in [-0.2, 0) is 11.0 Å². The van der Waals surface area contributed by atoms with Gasteiger partial charge in [-0.1, -0.05) is 115 Å². The predicted octanol–water partition coefficient (Wildman–Crippen LogP) is 5.93. The highest BCUT2D eigenvalue weighted by Gasteiger charge is 2.33. The second-order valence-electron chi connectivity index (χ2n) is 9.29. The van der Waals surface area contributed by atoms with Crippen molar-refractivity contribution >= 4 is 34.8 Å². The first-order valence-electron chi connectivity index (χ1n) is 11.6. The zero-order chi connectivity index (χ0) is 24.1. The van der Waals surface area contributed by atoms with Gasteiger partial charge in [0.15, 0.2) is 0 Å². The Morgan fingerprint density at radius 2 is 1.12 bits per heavy atom. The van der Waals surface area contributed by atoms with E-state index in [1.807, 2.05) is 38.2 Å². The maximum atomic E-state index is 13.6. The van der Waals surface area contributed by atoms with Gasteiger partial charge in [-0.15, -0.1) is 0 Å². The monoisotopic (exact) mass is 485 g/mol. The van der Waals surface area contributed by atoms with Crippen LogP contribution in [-0.4, -0.2) is 20.3 Å². The highest BCUT2D eigenvalue weighted by molar-refractivity contribution is 7.84. The van der Waals surface area contributed by atoms with Gasteiger partial charge in [0.05, 0.1) is 10.8 Å². The predicted molar refractivity (Wildman–Crippen MR) is 149 cm³/mol. The van der Waals surface area contributed by atoms with Crippen LogP contribution in [0.1, 0.15) is 37.9 Å².